The molecular formula is C32H52O2. The van der Waals surface area contributed by atoms with Gasteiger partial charge in [-0.2, -0.15) is 0 Å². The maximum absolute atomic E-state index is 11.9. The molecule has 5 aliphatic rings. The summed E-state index contributed by atoms with van der Waals surface area (Å²) in [5, 5.41) is 0. The normalized spacial score (nSPS) is 53.6. The third-order valence-corrected chi connectivity index (χ3v) is 13.7. The summed E-state index contributed by atoms with van der Waals surface area (Å²) in [6.45, 7) is 23.9. The molecule has 0 radical (unpaired) electrons. The highest BCUT2D eigenvalue weighted by molar-refractivity contribution is 5.66. The number of ether oxygens (including phenoxy) is 1. The molecule has 10 atom stereocenters. The second-order valence-corrected chi connectivity index (χ2v) is 15.3. The number of allylic oxidation sites excluding steroid dienone is 1. The second kappa shape index (κ2) is 7.61. The van der Waals surface area contributed by atoms with Gasteiger partial charge in [-0.25, -0.2) is 0 Å². The van der Waals surface area contributed by atoms with Crippen LogP contribution in [-0.2, 0) is 9.53 Å². The molecule has 34 heavy (non-hydrogen) atoms. The van der Waals surface area contributed by atoms with Crippen molar-refractivity contribution in [3.05, 3.63) is 12.2 Å². The molecule has 5 rings (SSSR count). The summed E-state index contributed by atoms with van der Waals surface area (Å²) in [4.78, 5) is 11.9. The van der Waals surface area contributed by atoms with Crippen LogP contribution in [0.3, 0.4) is 0 Å². The predicted octanol–water partition coefficient (Wildman–Crippen LogP) is 8.60. The summed E-state index contributed by atoms with van der Waals surface area (Å²) in [6.07, 6.45) is 13.4. The first-order valence-electron chi connectivity index (χ1n) is 14.5. The molecule has 192 valence electrons. The average Bonchev–Trinajstić information content (AvgIpc) is 3.08. The summed E-state index contributed by atoms with van der Waals surface area (Å²) in [7, 11) is 0. The van der Waals surface area contributed by atoms with Crippen molar-refractivity contribution in [3.8, 4) is 0 Å². The molecule has 0 amide bonds. The van der Waals surface area contributed by atoms with Crippen molar-refractivity contribution < 1.29 is 9.53 Å². The molecule has 0 N–H and O–H groups in total. The zero-order valence-corrected chi connectivity index (χ0v) is 23.6. The molecule has 5 saturated carbocycles. The van der Waals surface area contributed by atoms with Crippen molar-refractivity contribution in [1.82, 2.24) is 0 Å². The summed E-state index contributed by atoms with van der Waals surface area (Å²) >= 11 is 0. The highest BCUT2D eigenvalue weighted by atomic mass is 16.5. The summed E-state index contributed by atoms with van der Waals surface area (Å²) in [6, 6.07) is 0. The van der Waals surface area contributed by atoms with E-state index in [1.165, 1.54) is 63.4 Å². The number of fused-ring (bicyclic) bond motifs is 7. The third-order valence-electron chi connectivity index (χ3n) is 13.7. The number of esters is 1. The van der Waals surface area contributed by atoms with Gasteiger partial charge < -0.3 is 4.74 Å². The minimum absolute atomic E-state index is 0.0550. The number of hydrogen-bond acceptors (Lipinski definition) is 2. The number of rotatable bonds is 2. The van der Waals surface area contributed by atoms with E-state index in [0.29, 0.717) is 27.6 Å². The molecule has 0 aliphatic heterocycles. The SMILES string of the molecule is C=C(C)[C@@H]1CC[C@]2(C)CC[C@]3(C)[C@H](CC[C@@H]4[C@]5(C)CC[C@@H](OC(C)=O)C(C)(C)[C@@H]5CC[C@]43C)[C@@H]12. The number of hydrogen-bond donors (Lipinski definition) is 0. The smallest absolute Gasteiger partial charge is 0.302 e. The van der Waals surface area contributed by atoms with Gasteiger partial charge in [0.25, 0.3) is 0 Å². The first-order valence-corrected chi connectivity index (χ1v) is 14.5. The van der Waals surface area contributed by atoms with Gasteiger partial charge in [-0.15, -0.1) is 0 Å². The van der Waals surface area contributed by atoms with E-state index in [4.69, 9.17) is 4.74 Å². The van der Waals surface area contributed by atoms with Crippen LogP contribution in [0, 0.1) is 56.7 Å². The highest BCUT2D eigenvalue weighted by Crippen LogP contribution is 2.77. The Bertz CT molecular complexity index is 872. The number of carbonyl (C=O) groups is 1. The summed E-state index contributed by atoms with van der Waals surface area (Å²) in [5.74, 6) is 3.74. The van der Waals surface area contributed by atoms with Gasteiger partial charge in [-0.3, -0.25) is 4.79 Å². The Morgan fingerprint density at radius 2 is 1.47 bits per heavy atom. The van der Waals surface area contributed by atoms with Crippen LogP contribution < -0.4 is 0 Å². The zero-order chi connectivity index (χ0) is 24.9. The first-order chi connectivity index (χ1) is 15.7. The monoisotopic (exact) mass is 468 g/mol. The van der Waals surface area contributed by atoms with Crippen LogP contribution in [0.1, 0.15) is 120 Å². The van der Waals surface area contributed by atoms with Crippen LogP contribution in [-0.4, -0.2) is 12.1 Å². The molecule has 5 aliphatic carbocycles. The van der Waals surface area contributed by atoms with Crippen LogP contribution in [0.25, 0.3) is 0 Å². The molecule has 0 aromatic rings. The molecule has 0 aromatic carbocycles. The maximum Gasteiger partial charge on any atom is 0.302 e. The molecule has 2 nitrogen and oxygen atoms in total. The molecule has 0 bridgehead atoms. The first kappa shape index (κ1) is 24.9. The lowest BCUT2D eigenvalue weighted by atomic mass is 9.32. The van der Waals surface area contributed by atoms with Crippen molar-refractivity contribution in [2.24, 2.45) is 56.7 Å². The average molecular weight is 469 g/mol. The quantitative estimate of drug-likeness (QED) is 0.299. The van der Waals surface area contributed by atoms with E-state index in [1.54, 1.807) is 6.92 Å². The van der Waals surface area contributed by atoms with Gasteiger partial charge in [0.05, 0.1) is 0 Å². The van der Waals surface area contributed by atoms with Gasteiger partial charge in [0.1, 0.15) is 6.10 Å². The third kappa shape index (κ3) is 3.08. The second-order valence-electron chi connectivity index (χ2n) is 15.3. The van der Waals surface area contributed by atoms with Gasteiger partial charge in [0, 0.05) is 12.3 Å². The van der Waals surface area contributed by atoms with Crippen LogP contribution >= 0.6 is 0 Å². The van der Waals surface area contributed by atoms with E-state index in [1.807, 2.05) is 0 Å². The van der Waals surface area contributed by atoms with Gasteiger partial charge in [-0.05, 0) is 122 Å². The van der Waals surface area contributed by atoms with E-state index in [9.17, 15) is 4.79 Å². The lowest BCUT2D eigenvalue weighted by Gasteiger charge is -2.73. The van der Waals surface area contributed by atoms with Crippen LogP contribution in [0.2, 0.25) is 0 Å². The van der Waals surface area contributed by atoms with E-state index < -0.39 is 0 Å². The van der Waals surface area contributed by atoms with Crippen molar-refractivity contribution >= 4 is 5.97 Å². The molecule has 0 unspecified atom stereocenters. The standard InChI is InChI=1S/C32H52O2/c1-20(2)22-12-15-29(6)18-19-31(8)23(27(22)29)10-11-25-30(7)16-14-26(34-21(3)33)28(4,5)24(30)13-17-32(25,31)9/h22-27H,1,10-19H2,2-9H3/t22-,23+,24-,25+,26+,27+,29+,30+,31+,32+/m0/s1. The zero-order valence-electron chi connectivity index (χ0n) is 23.6. The fraction of sp³-hybridized carbons (Fsp3) is 0.906. The fourth-order valence-electron chi connectivity index (χ4n) is 11.9. The molecule has 0 spiro atoms. The minimum atomic E-state index is -0.107. The Labute approximate surface area is 210 Å². The maximum atomic E-state index is 11.9. The molecule has 0 aromatic heterocycles. The minimum Gasteiger partial charge on any atom is -0.462 e. The molecule has 0 heterocycles. The molecule has 2 heteroatoms. The van der Waals surface area contributed by atoms with Crippen molar-refractivity contribution in [2.75, 3.05) is 0 Å². The van der Waals surface area contributed by atoms with Gasteiger partial charge in [-0.1, -0.05) is 53.7 Å². The Morgan fingerprint density at radius 3 is 2.12 bits per heavy atom. The van der Waals surface area contributed by atoms with Crippen molar-refractivity contribution in [3.63, 3.8) is 0 Å². The lowest BCUT2D eigenvalue weighted by Crippen LogP contribution is -2.66. The van der Waals surface area contributed by atoms with E-state index in [2.05, 4.69) is 55.0 Å². The Hall–Kier alpha value is -0.790. The van der Waals surface area contributed by atoms with Crippen LogP contribution in [0.15, 0.2) is 12.2 Å². The van der Waals surface area contributed by atoms with Gasteiger partial charge in [0.2, 0.25) is 0 Å². The Morgan fingerprint density at radius 1 is 0.765 bits per heavy atom. The fourth-order valence-corrected chi connectivity index (χ4v) is 11.9. The Balaban J connectivity index is 1.50. The van der Waals surface area contributed by atoms with Crippen LogP contribution in [0.4, 0.5) is 0 Å². The highest BCUT2D eigenvalue weighted by Gasteiger charge is 2.70. The van der Waals surface area contributed by atoms with Crippen molar-refractivity contribution in [1.29, 1.82) is 0 Å². The number of carbonyl (C=O) groups excluding carboxylic acids is 1. The van der Waals surface area contributed by atoms with Crippen molar-refractivity contribution in [2.45, 2.75) is 126 Å². The lowest BCUT2D eigenvalue weighted by molar-refractivity contribution is -0.248. The summed E-state index contributed by atoms with van der Waals surface area (Å²) < 4.78 is 5.91. The topological polar surface area (TPSA) is 26.3 Å². The molecular weight excluding hydrogens is 416 g/mol. The summed E-state index contributed by atoms with van der Waals surface area (Å²) in [5.41, 5.74) is 3.23. The van der Waals surface area contributed by atoms with E-state index in [0.717, 1.165) is 30.1 Å². The predicted molar refractivity (Wildman–Crippen MR) is 140 cm³/mol. The van der Waals surface area contributed by atoms with Gasteiger partial charge >= 0.3 is 5.97 Å². The van der Waals surface area contributed by atoms with Crippen LogP contribution in [0.5, 0.6) is 0 Å². The largest absolute Gasteiger partial charge is 0.462 e. The molecule has 5 fully saturated rings. The van der Waals surface area contributed by atoms with E-state index >= 15 is 0 Å². The molecule has 0 saturated heterocycles. The van der Waals surface area contributed by atoms with E-state index in [-0.39, 0.29) is 17.5 Å². The Kier molecular flexibility index (Phi) is 5.57. The van der Waals surface area contributed by atoms with Gasteiger partial charge in [0.15, 0.2) is 0 Å².